The number of hydrogen-bond acceptors (Lipinski definition) is 0. The summed E-state index contributed by atoms with van der Waals surface area (Å²) in [4.78, 5) is 0. The van der Waals surface area contributed by atoms with E-state index in [1.54, 1.807) is 0 Å². The van der Waals surface area contributed by atoms with Crippen LogP contribution >= 0.6 is 0 Å². The Morgan fingerprint density at radius 1 is 1.60 bits per heavy atom. The van der Waals surface area contributed by atoms with Crippen LogP contribution < -0.4 is 51.4 Å². The Bertz CT molecular complexity index is 26.6. The molecule has 23 valence electrons. The van der Waals surface area contributed by atoms with Gasteiger partial charge in [0.25, 0.3) is 0 Å². The van der Waals surface area contributed by atoms with E-state index in [1.807, 2.05) is 6.92 Å². The summed E-state index contributed by atoms with van der Waals surface area (Å²) in [6.07, 6.45) is 0. The van der Waals surface area contributed by atoms with Gasteiger partial charge in [0.15, 0.2) is 0 Å². The van der Waals surface area contributed by atoms with Crippen LogP contribution in [-0.2, 0) is 0 Å². The van der Waals surface area contributed by atoms with Crippen molar-refractivity contribution in [3.63, 3.8) is 0 Å². The number of hydrogen-bond donors (Lipinski definition) is 0. The van der Waals surface area contributed by atoms with Gasteiger partial charge < -0.3 is 0 Å². The summed E-state index contributed by atoms with van der Waals surface area (Å²) in [6.45, 7) is 8.75. The van der Waals surface area contributed by atoms with Crippen LogP contribution in [0.2, 0.25) is 0 Å². The van der Waals surface area contributed by atoms with Crippen molar-refractivity contribution in [2.45, 2.75) is 6.92 Å². The molecule has 1 radical (unpaired) electrons. The minimum atomic E-state index is 0. The van der Waals surface area contributed by atoms with E-state index in [9.17, 15) is 0 Å². The van der Waals surface area contributed by atoms with Gasteiger partial charge in [-0.25, -0.2) is 0 Å². The number of rotatable bonds is 0. The standard InChI is InChI=1S/C4H7.K/c1-4(2)3;/h1-2H2,3H3;/q;+1. The number of allylic oxidation sites excluding steroid dienone is 1. The fourth-order valence-corrected chi connectivity index (χ4v) is 0. The molecule has 0 aliphatic rings. The Morgan fingerprint density at radius 2 is 1.60 bits per heavy atom. The molecule has 0 aromatic carbocycles. The minimum Gasteiger partial charge on any atom is -0.100 e. The second-order valence-corrected chi connectivity index (χ2v) is 0.957. The van der Waals surface area contributed by atoms with Crippen molar-refractivity contribution in [1.82, 2.24) is 0 Å². The predicted molar refractivity (Wildman–Crippen MR) is 20.2 cm³/mol. The summed E-state index contributed by atoms with van der Waals surface area (Å²) in [5.41, 5.74) is 0.917. The van der Waals surface area contributed by atoms with E-state index in [0.29, 0.717) is 0 Å². The van der Waals surface area contributed by atoms with Crippen molar-refractivity contribution < 1.29 is 51.4 Å². The van der Waals surface area contributed by atoms with E-state index < -0.39 is 0 Å². The monoisotopic (exact) mass is 94.0 g/mol. The Morgan fingerprint density at radius 3 is 1.60 bits per heavy atom. The summed E-state index contributed by atoms with van der Waals surface area (Å²) < 4.78 is 0. The summed E-state index contributed by atoms with van der Waals surface area (Å²) in [7, 11) is 0. The van der Waals surface area contributed by atoms with Crippen molar-refractivity contribution in [3.8, 4) is 0 Å². The van der Waals surface area contributed by atoms with Crippen LogP contribution in [0, 0.1) is 6.92 Å². The summed E-state index contributed by atoms with van der Waals surface area (Å²) >= 11 is 0. The van der Waals surface area contributed by atoms with Crippen LogP contribution in [0.25, 0.3) is 0 Å². The first-order valence-electron chi connectivity index (χ1n) is 1.21. The average molecular weight is 94.2 g/mol. The van der Waals surface area contributed by atoms with E-state index in [2.05, 4.69) is 13.5 Å². The van der Waals surface area contributed by atoms with Crippen molar-refractivity contribution >= 4 is 0 Å². The molecule has 0 bridgehead atoms. The topological polar surface area (TPSA) is 0 Å². The molecule has 0 nitrogen and oxygen atoms in total. The zero-order valence-corrected chi connectivity index (χ0v) is 7.04. The Hall–Kier alpha value is 1.38. The SMILES string of the molecule is [CH2]C(=C)C.[K+]. The molecule has 0 rings (SSSR count). The maximum absolute atomic E-state index is 3.44. The van der Waals surface area contributed by atoms with Gasteiger partial charge in [0.1, 0.15) is 0 Å². The largest absolute Gasteiger partial charge is 1.00 e. The average Bonchev–Trinajstić information content (AvgIpc) is 0.811. The molecule has 0 atom stereocenters. The molecule has 0 aromatic heterocycles. The van der Waals surface area contributed by atoms with Gasteiger partial charge in [-0.1, -0.05) is 5.57 Å². The molecule has 0 spiro atoms. The summed E-state index contributed by atoms with van der Waals surface area (Å²) in [5, 5.41) is 0. The summed E-state index contributed by atoms with van der Waals surface area (Å²) in [5.74, 6) is 0. The van der Waals surface area contributed by atoms with Gasteiger partial charge in [0.2, 0.25) is 0 Å². The fraction of sp³-hybridized carbons (Fsp3) is 0.250. The smallest absolute Gasteiger partial charge is 0.100 e. The van der Waals surface area contributed by atoms with Gasteiger partial charge >= 0.3 is 51.4 Å². The second-order valence-electron chi connectivity index (χ2n) is 0.957. The van der Waals surface area contributed by atoms with Crippen LogP contribution in [0.15, 0.2) is 12.2 Å². The molecular formula is C4H7K+. The van der Waals surface area contributed by atoms with Gasteiger partial charge in [-0.15, -0.1) is 6.58 Å². The molecular weight excluding hydrogens is 87.1 g/mol. The fourth-order valence-electron chi connectivity index (χ4n) is 0. The molecule has 0 aliphatic heterocycles. The van der Waals surface area contributed by atoms with Gasteiger partial charge in [0.05, 0.1) is 0 Å². The summed E-state index contributed by atoms with van der Waals surface area (Å²) in [6, 6.07) is 0. The molecule has 0 aromatic rings. The van der Waals surface area contributed by atoms with E-state index in [0.717, 1.165) is 5.57 Å². The van der Waals surface area contributed by atoms with Crippen LogP contribution in [0.5, 0.6) is 0 Å². The first-order valence-corrected chi connectivity index (χ1v) is 1.21. The molecule has 0 saturated heterocycles. The van der Waals surface area contributed by atoms with E-state index in [4.69, 9.17) is 0 Å². The van der Waals surface area contributed by atoms with E-state index >= 15 is 0 Å². The Labute approximate surface area is 76.1 Å². The molecule has 1 heteroatoms. The Kier molecular flexibility index (Phi) is 10.3. The molecule has 0 saturated carbocycles. The van der Waals surface area contributed by atoms with Gasteiger partial charge in [0, 0.05) is 0 Å². The van der Waals surface area contributed by atoms with Crippen molar-refractivity contribution in [2.24, 2.45) is 0 Å². The normalized spacial score (nSPS) is 5.20. The molecule has 5 heavy (non-hydrogen) atoms. The maximum atomic E-state index is 3.44. The molecule has 0 amide bonds. The third-order valence-corrected chi connectivity index (χ3v) is 0. The van der Waals surface area contributed by atoms with Crippen LogP contribution in [0.1, 0.15) is 6.92 Å². The molecule has 0 heterocycles. The molecule has 0 unspecified atom stereocenters. The van der Waals surface area contributed by atoms with Crippen molar-refractivity contribution in [2.75, 3.05) is 0 Å². The quantitative estimate of drug-likeness (QED) is 0.317. The third kappa shape index (κ3) is 32.4. The predicted octanol–water partition coefficient (Wildman–Crippen LogP) is -1.60. The van der Waals surface area contributed by atoms with Crippen LogP contribution in [-0.4, -0.2) is 0 Å². The molecule has 0 aliphatic carbocycles. The van der Waals surface area contributed by atoms with Crippen LogP contribution in [0.3, 0.4) is 0 Å². The zero-order chi connectivity index (χ0) is 3.58. The first kappa shape index (κ1) is 9.62. The zero-order valence-electron chi connectivity index (χ0n) is 3.91. The molecule has 0 N–H and O–H groups in total. The van der Waals surface area contributed by atoms with E-state index in [-0.39, 0.29) is 51.4 Å². The van der Waals surface area contributed by atoms with Crippen LogP contribution in [0.4, 0.5) is 0 Å². The molecule has 0 fully saturated rings. The van der Waals surface area contributed by atoms with Gasteiger partial charge in [-0.2, -0.15) is 0 Å². The van der Waals surface area contributed by atoms with Crippen molar-refractivity contribution in [3.05, 3.63) is 19.1 Å². The van der Waals surface area contributed by atoms with Gasteiger partial charge in [-0.3, -0.25) is 0 Å². The van der Waals surface area contributed by atoms with Crippen molar-refractivity contribution in [1.29, 1.82) is 0 Å². The maximum Gasteiger partial charge on any atom is 1.00 e. The second kappa shape index (κ2) is 5.38. The first-order chi connectivity index (χ1) is 1.73. The minimum absolute atomic E-state index is 0. The third-order valence-electron chi connectivity index (χ3n) is 0. The Balaban J connectivity index is 0. The van der Waals surface area contributed by atoms with E-state index in [1.165, 1.54) is 0 Å². The van der Waals surface area contributed by atoms with Gasteiger partial charge in [-0.05, 0) is 13.8 Å².